The molecule has 0 amide bonds. The van der Waals surface area contributed by atoms with Crippen LogP contribution in [-0.4, -0.2) is 16.3 Å². The maximum atomic E-state index is 9.12. The predicted octanol–water partition coefficient (Wildman–Crippen LogP) is 1.97. The van der Waals surface area contributed by atoms with Gasteiger partial charge in [-0.15, -0.1) is 0 Å². The van der Waals surface area contributed by atoms with E-state index in [0.717, 1.165) is 17.8 Å². The number of aryl methyl sites for hydroxylation is 1. The average Bonchev–Trinajstić information content (AvgIpc) is 2.67. The molecule has 0 aliphatic rings. The van der Waals surface area contributed by atoms with Gasteiger partial charge >= 0.3 is 0 Å². The van der Waals surface area contributed by atoms with Crippen LogP contribution in [0.2, 0.25) is 0 Å². The highest BCUT2D eigenvalue weighted by atomic mass is 15.3. The smallest absolute Gasteiger partial charge is 0.140 e. The van der Waals surface area contributed by atoms with Crippen LogP contribution in [0, 0.1) is 11.3 Å². The minimum absolute atomic E-state index is 0.392. The molecule has 5 heteroatoms. The highest BCUT2D eigenvalue weighted by Gasteiger charge is 2.14. The Labute approximate surface area is 106 Å². The molecule has 0 saturated heterocycles. The molecule has 1 aromatic heterocycles. The molecule has 2 aromatic rings. The van der Waals surface area contributed by atoms with E-state index in [4.69, 9.17) is 11.0 Å². The van der Waals surface area contributed by atoms with Gasteiger partial charge in [0.25, 0.3) is 0 Å². The number of nitrogens with two attached hydrogens (primary N) is 1. The van der Waals surface area contributed by atoms with Gasteiger partial charge in [-0.25, -0.2) is 0 Å². The first-order valence-electron chi connectivity index (χ1n) is 5.74. The third-order valence-corrected chi connectivity index (χ3v) is 2.74. The first kappa shape index (κ1) is 12.0. The van der Waals surface area contributed by atoms with E-state index < -0.39 is 0 Å². The Balaban J connectivity index is 2.43. The molecule has 0 bridgehead atoms. The van der Waals surface area contributed by atoms with Crippen molar-refractivity contribution < 1.29 is 0 Å². The number of nitriles is 1. The Morgan fingerprint density at radius 2 is 2.06 bits per heavy atom. The first-order valence-corrected chi connectivity index (χ1v) is 5.74. The lowest BCUT2D eigenvalue weighted by Gasteiger charge is -2.03. The quantitative estimate of drug-likeness (QED) is 0.861. The van der Waals surface area contributed by atoms with Crippen molar-refractivity contribution in [1.82, 2.24) is 9.78 Å². The van der Waals surface area contributed by atoms with E-state index in [2.05, 4.69) is 16.5 Å². The van der Waals surface area contributed by atoms with Crippen molar-refractivity contribution in [2.45, 2.75) is 6.92 Å². The lowest BCUT2D eigenvalue weighted by molar-refractivity contribution is 0.782. The van der Waals surface area contributed by atoms with Crippen LogP contribution in [0.1, 0.15) is 12.5 Å². The van der Waals surface area contributed by atoms with Crippen molar-refractivity contribution in [2.75, 3.05) is 17.6 Å². The zero-order valence-electron chi connectivity index (χ0n) is 10.4. The van der Waals surface area contributed by atoms with Gasteiger partial charge < -0.3 is 11.1 Å². The zero-order valence-corrected chi connectivity index (χ0v) is 10.4. The lowest BCUT2D eigenvalue weighted by Crippen LogP contribution is -1.97. The molecule has 5 nitrogen and oxygen atoms in total. The van der Waals surface area contributed by atoms with Crippen LogP contribution in [0.4, 0.5) is 11.5 Å². The monoisotopic (exact) mass is 241 g/mol. The van der Waals surface area contributed by atoms with Crippen molar-refractivity contribution >= 4 is 11.5 Å². The number of nitrogens with one attached hydrogen (secondary N) is 1. The Kier molecular flexibility index (Phi) is 3.20. The highest BCUT2D eigenvalue weighted by Crippen LogP contribution is 2.26. The van der Waals surface area contributed by atoms with Crippen molar-refractivity contribution in [3.05, 3.63) is 29.8 Å². The van der Waals surface area contributed by atoms with E-state index in [-0.39, 0.29) is 0 Å². The molecule has 92 valence electrons. The molecule has 0 aliphatic heterocycles. The summed E-state index contributed by atoms with van der Waals surface area (Å²) in [5, 5.41) is 16.6. The van der Waals surface area contributed by atoms with Crippen LogP contribution >= 0.6 is 0 Å². The topological polar surface area (TPSA) is 79.7 Å². The number of nitrogens with zero attached hydrogens (tertiary/aromatic N) is 3. The standard InChI is InChI=1S/C13H15N5/c1-3-16-10-6-4-9(5-7-10)12-11(8-14)13(15)18(2)17-12/h4-7,16H,3,15H2,1-2H3. The SMILES string of the molecule is CCNc1ccc(-c2nn(C)c(N)c2C#N)cc1. The number of hydrogen-bond donors (Lipinski definition) is 2. The number of aromatic nitrogens is 2. The third kappa shape index (κ3) is 2.00. The summed E-state index contributed by atoms with van der Waals surface area (Å²) in [6, 6.07) is 9.89. The Morgan fingerprint density at radius 3 is 2.61 bits per heavy atom. The summed E-state index contributed by atoms with van der Waals surface area (Å²) in [7, 11) is 1.73. The fourth-order valence-corrected chi connectivity index (χ4v) is 1.80. The molecule has 2 rings (SSSR count). The normalized spacial score (nSPS) is 10.1. The summed E-state index contributed by atoms with van der Waals surface area (Å²) in [4.78, 5) is 0. The lowest BCUT2D eigenvalue weighted by atomic mass is 10.1. The van der Waals surface area contributed by atoms with Gasteiger partial charge in [0.05, 0.1) is 0 Å². The second-order valence-corrected chi connectivity index (χ2v) is 3.95. The van der Waals surface area contributed by atoms with Crippen molar-refractivity contribution in [3.8, 4) is 17.3 Å². The Hall–Kier alpha value is -2.48. The van der Waals surface area contributed by atoms with Gasteiger partial charge in [0.1, 0.15) is 23.1 Å². The number of rotatable bonds is 3. The second kappa shape index (κ2) is 4.80. The molecule has 1 heterocycles. The van der Waals surface area contributed by atoms with Gasteiger partial charge in [0, 0.05) is 24.8 Å². The van der Waals surface area contributed by atoms with Gasteiger partial charge in [-0.1, -0.05) is 12.1 Å². The zero-order chi connectivity index (χ0) is 13.1. The van der Waals surface area contributed by atoms with Gasteiger partial charge in [-0.05, 0) is 19.1 Å². The molecule has 0 spiro atoms. The van der Waals surface area contributed by atoms with Gasteiger partial charge in [-0.3, -0.25) is 4.68 Å². The predicted molar refractivity (Wildman–Crippen MR) is 71.9 cm³/mol. The fourth-order valence-electron chi connectivity index (χ4n) is 1.80. The summed E-state index contributed by atoms with van der Waals surface area (Å²) in [6.07, 6.45) is 0. The molecular weight excluding hydrogens is 226 g/mol. The van der Waals surface area contributed by atoms with E-state index >= 15 is 0 Å². The van der Waals surface area contributed by atoms with Gasteiger partial charge in [0.2, 0.25) is 0 Å². The van der Waals surface area contributed by atoms with Gasteiger partial charge in [-0.2, -0.15) is 10.4 Å². The fraction of sp³-hybridized carbons (Fsp3) is 0.231. The molecular formula is C13H15N5. The Morgan fingerprint density at radius 1 is 1.39 bits per heavy atom. The third-order valence-electron chi connectivity index (χ3n) is 2.74. The van der Waals surface area contributed by atoms with Crippen LogP contribution in [0.5, 0.6) is 0 Å². The molecule has 0 fully saturated rings. The molecule has 0 saturated carbocycles. The van der Waals surface area contributed by atoms with Crippen LogP contribution in [-0.2, 0) is 7.05 Å². The summed E-state index contributed by atoms with van der Waals surface area (Å²) in [6.45, 7) is 2.92. The maximum Gasteiger partial charge on any atom is 0.140 e. The second-order valence-electron chi connectivity index (χ2n) is 3.95. The van der Waals surface area contributed by atoms with Crippen LogP contribution in [0.3, 0.4) is 0 Å². The summed E-state index contributed by atoms with van der Waals surface area (Å²) >= 11 is 0. The van der Waals surface area contributed by atoms with E-state index in [1.165, 1.54) is 4.68 Å². The van der Waals surface area contributed by atoms with E-state index in [0.29, 0.717) is 17.1 Å². The first-order chi connectivity index (χ1) is 8.67. The van der Waals surface area contributed by atoms with Crippen LogP contribution in [0.25, 0.3) is 11.3 Å². The van der Waals surface area contributed by atoms with Crippen molar-refractivity contribution in [1.29, 1.82) is 5.26 Å². The summed E-state index contributed by atoms with van der Waals surface area (Å²) in [5.74, 6) is 0.392. The van der Waals surface area contributed by atoms with E-state index in [1.807, 2.05) is 31.2 Å². The van der Waals surface area contributed by atoms with E-state index in [1.54, 1.807) is 7.05 Å². The summed E-state index contributed by atoms with van der Waals surface area (Å²) in [5.41, 5.74) is 8.78. The number of nitrogen functional groups attached to an aromatic ring is 1. The van der Waals surface area contributed by atoms with E-state index in [9.17, 15) is 0 Å². The van der Waals surface area contributed by atoms with Gasteiger partial charge in [0.15, 0.2) is 0 Å². The molecule has 0 radical (unpaired) electrons. The number of anilines is 2. The minimum atomic E-state index is 0.392. The number of hydrogen-bond acceptors (Lipinski definition) is 4. The molecule has 0 unspecified atom stereocenters. The molecule has 18 heavy (non-hydrogen) atoms. The Bertz CT molecular complexity index is 589. The van der Waals surface area contributed by atoms with Crippen LogP contribution < -0.4 is 11.1 Å². The highest BCUT2D eigenvalue weighted by molar-refractivity contribution is 5.73. The molecule has 3 N–H and O–H groups in total. The largest absolute Gasteiger partial charge is 0.385 e. The summed E-state index contributed by atoms with van der Waals surface area (Å²) < 4.78 is 1.52. The van der Waals surface area contributed by atoms with Crippen molar-refractivity contribution in [3.63, 3.8) is 0 Å². The maximum absolute atomic E-state index is 9.12. The van der Waals surface area contributed by atoms with Crippen LogP contribution in [0.15, 0.2) is 24.3 Å². The van der Waals surface area contributed by atoms with Crippen molar-refractivity contribution in [2.24, 2.45) is 7.05 Å². The minimum Gasteiger partial charge on any atom is -0.385 e. The number of benzene rings is 1. The molecule has 1 aromatic carbocycles. The molecule has 0 aliphatic carbocycles. The average molecular weight is 241 g/mol. The molecule has 0 atom stereocenters.